The van der Waals surface area contributed by atoms with E-state index in [0.29, 0.717) is 16.1 Å². The molecule has 2 N–H and O–H groups in total. The maximum atomic E-state index is 11.2. The second kappa shape index (κ2) is 5.80. The van der Waals surface area contributed by atoms with Crippen LogP contribution in [-0.4, -0.2) is 4.87 Å². The number of hydrazine groups is 1. The van der Waals surface area contributed by atoms with E-state index < -0.39 is 0 Å². The highest BCUT2D eigenvalue weighted by atomic mass is 32.1. The first-order valence-electron chi connectivity index (χ1n) is 6.51. The van der Waals surface area contributed by atoms with Crippen molar-refractivity contribution in [3.05, 3.63) is 70.4 Å². The van der Waals surface area contributed by atoms with Gasteiger partial charge in [-0.05, 0) is 34.2 Å². The molecule has 4 nitrogen and oxygen atoms in total. The quantitative estimate of drug-likeness (QED) is 0.451. The van der Waals surface area contributed by atoms with E-state index in [-0.39, 0.29) is 0 Å². The monoisotopic (exact) mass is 305 g/mol. The van der Waals surface area contributed by atoms with Crippen molar-refractivity contribution in [1.29, 1.82) is 5.26 Å². The first kappa shape index (κ1) is 14.0. The molecule has 0 aliphatic rings. The maximum absolute atomic E-state index is 11.2. The van der Waals surface area contributed by atoms with Crippen LogP contribution < -0.4 is 5.84 Å². The Morgan fingerprint density at radius 2 is 2.05 bits per heavy atom. The third-order valence-corrected chi connectivity index (χ3v) is 4.14. The Bertz CT molecular complexity index is 879. The van der Waals surface area contributed by atoms with Crippen molar-refractivity contribution in [3.63, 3.8) is 0 Å². The topological polar surface area (TPSA) is 69.9 Å². The van der Waals surface area contributed by atoms with Gasteiger partial charge in [-0.25, -0.2) is 0 Å². The van der Waals surface area contributed by atoms with Gasteiger partial charge in [0.2, 0.25) is 0 Å². The summed E-state index contributed by atoms with van der Waals surface area (Å²) >= 11 is 1.57. The fraction of sp³-hybridized carbons (Fsp3) is 0. The van der Waals surface area contributed by atoms with Gasteiger partial charge in [-0.15, -0.1) is 11.3 Å². The van der Waals surface area contributed by atoms with Crippen LogP contribution in [0.25, 0.3) is 21.6 Å². The van der Waals surface area contributed by atoms with Crippen LogP contribution in [0.1, 0.15) is 5.56 Å². The zero-order chi connectivity index (χ0) is 15.5. The first-order chi connectivity index (χ1) is 10.7. The number of thiophene rings is 1. The molecule has 0 aliphatic heterocycles. The van der Waals surface area contributed by atoms with Gasteiger partial charge < -0.3 is 0 Å². The van der Waals surface area contributed by atoms with Crippen molar-refractivity contribution in [3.8, 4) is 27.6 Å². The van der Waals surface area contributed by atoms with Gasteiger partial charge in [0.25, 0.3) is 5.69 Å². The summed E-state index contributed by atoms with van der Waals surface area (Å²) in [5.41, 5.74) is 3.40. The van der Waals surface area contributed by atoms with E-state index in [1.54, 1.807) is 29.5 Å². The molecule has 0 bridgehead atoms. The number of hydrogen-bond donors (Lipinski definition) is 1. The second-order valence-electron chi connectivity index (χ2n) is 4.64. The Kier molecular flexibility index (Phi) is 3.69. The van der Waals surface area contributed by atoms with Crippen LogP contribution in [0.2, 0.25) is 0 Å². The molecule has 0 aliphatic carbocycles. The van der Waals surface area contributed by atoms with E-state index in [9.17, 15) is 10.2 Å². The molecular formula is C17H11N3OS+. The molecule has 3 aromatic rings. The minimum Gasteiger partial charge on any atom is -0.192 e. The molecule has 2 aromatic carbocycles. The summed E-state index contributed by atoms with van der Waals surface area (Å²) in [6.45, 7) is 0. The van der Waals surface area contributed by atoms with Crippen molar-refractivity contribution in [2.45, 2.75) is 0 Å². The zero-order valence-electron chi connectivity index (χ0n) is 11.5. The molecule has 1 aromatic heterocycles. The van der Waals surface area contributed by atoms with Gasteiger partial charge in [0, 0.05) is 23.1 Å². The number of nitroso groups, excluding NO2 is 1. The average molecular weight is 305 g/mol. The van der Waals surface area contributed by atoms with E-state index in [1.807, 2.05) is 35.7 Å². The molecule has 0 unspecified atom stereocenters. The SMILES string of the molecule is N#Cc1cc(-c2[c]ccs2)ccc1-c1cccc([N+](N)=O)c1. The summed E-state index contributed by atoms with van der Waals surface area (Å²) in [5, 5.41) is 11.4. The van der Waals surface area contributed by atoms with E-state index in [2.05, 4.69) is 12.1 Å². The molecular weight excluding hydrogens is 294 g/mol. The fourth-order valence-electron chi connectivity index (χ4n) is 2.24. The van der Waals surface area contributed by atoms with Gasteiger partial charge in [-0.1, -0.05) is 24.3 Å². The van der Waals surface area contributed by atoms with Crippen LogP contribution in [0.15, 0.2) is 53.9 Å². The predicted octanol–water partition coefficient (Wildman–Crippen LogP) is 4.04. The number of benzene rings is 2. The lowest BCUT2D eigenvalue weighted by Crippen LogP contribution is -2.08. The number of nitrogens with zero attached hydrogens (tertiary/aromatic N) is 2. The second-order valence-corrected chi connectivity index (χ2v) is 5.56. The molecule has 0 saturated heterocycles. The molecule has 0 atom stereocenters. The lowest BCUT2D eigenvalue weighted by molar-refractivity contribution is -0.474. The lowest BCUT2D eigenvalue weighted by Gasteiger charge is -2.06. The molecule has 0 saturated carbocycles. The Balaban J connectivity index is 2.10. The predicted molar refractivity (Wildman–Crippen MR) is 86.2 cm³/mol. The van der Waals surface area contributed by atoms with Crippen LogP contribution in [0, 0.1) is 22.3 Å². The Morgan fingerprint density at radius 3 is 2.73 bits per heavy atom. The largest absolute Gasteiger partial charge is 0.292 e. The molecule has 1 radical (unpaired) electrons. The molecule has 105 valence electrons. The van der Waals surface area contributed by atoms with Crippen LogP contribution in [0.5, 0.6) is 0 Å². The molecule has 1 heterocycles. The zero-order valence-corrected chi connectivity index (χ0v) is 12.3. The summed E-state index contributed by atoms with van der Waals surface area (Å²) in [6, 6.07) is 19.7. The van der Waals surface area contributed by atoms with Crippen molar-refractivity contribution in [2.24, 2.45) is 5.84 Å². The van der Waals surface area contributed by atoms with Gasteiger partial charge in [0.1, 0.15) is 0 Å². The third-order valence-electron chi connectivity index (χ3n) is 3.28. The molecule has 0 fully saturated rings. The third kappa shape index (κ3) is 2.60. The maximum Gasteiger partial charge on any atom is 0.292 e. The molecule has 22 heavy (non-hydrogen) atoms. The van der Waals surface area contributed by atoms with Gasteiger partial charge in [-0.3, -0.25) is 0 Å². The fourth-order valence-corrected chi connectivity index (χ4v) is 2.91. The average Bonchev–Trinajstić information content (AvgIpc) is 3.09. The number of nitriles is 1. The molecule has 0 spiro atoms. The summed E-state index contributed by atoms with van der Waals surface area (Å²) in [7, 11) is 0. The highest BCUT2D eigenvalue weighted by Crippen LogP contribution is 2.31. The van der Waals surface area contributed by atoms with Crippen molar-refractivity contribution >= 4 is 17.0 Å². The Labute approximate surface area is 131 Å². The van der Waals surface area contributed by atoms with Crippen LogP contribution in [-0.2, 0) is 0 Å². The van der Waals surface area contributed by atoms with Crippen molar-refractivity contribution in [1.82, 2.24) is 0 Å². The Morgan fingerprint density at radius 1 is 1.18 bits per heavy atom. The Hall–Kier alpha value is -2.97. The number of rotatable bonds is 3. The molecule has 3 rings (SSSR count). The summed E-state index contributed by atoms with van der Waals surface area (Å²) in [4.78, 5) is 12.5. The summed E-state index contributed by atoms with van der Waals surface area (Å²) < 4.78 is 0. The van der Waals surface area contributed by atoms with E-state index in [4.69, 9.17) is 5.84 Å². The van der Waals surface area contributed by atoms with E-state index in [0.717, 1.165) is 21.6 Å². The van der Waals surface area contributed by atoms with Crippen LogP contribution in [0.3, 0.4) is 0 Å². The summed E-state index contributed by atoms with van der Waals surface area (Å²) in [5.74, 6) is 5.23. The van der Waals surface area contributed by atoms with E-state index >= 15 is 0 Å². The first-order valence-corrected chi connectivity index (χ1v) is 7.39. The number of hydrogen-bond acceptors (Lipinski definition) is 3. The standard InChI is InChI=1S/C17H11N3OS/c18-11-14-9-13(17-5-2-8-22-17)6-7-16(14)12-3-1-4-15(10-12)20(19)21/h1-4,6-10H,(H2,19,21)/q+1. The minimum atomic E-state index is 0.310. The van der Waals surface area contributed by atoms with Crippen molar-refractivity contribution in [2.75, 3.05) is 0 Å². The minimum absolute atomic E-state index is 0.310. The normalized spacial score (nSPS) is 10.1. The van der Waals surface area contributed by atoms with Gasteiger partial charge in [0.05, 0.1) is 16.5 Å². The lowest BCUT2D eigenvalue weighted by atomic mass is 9.97. The van der Waals surface area contributed by atoms with Gasteiger partial charge in [-0.2, -0.15) is 11.1 Å². The van der Waals surface area contributed by atoms with E-state index in [1.165, 1.54) is 0 Å². The molecule has 0 amide bonds. The highest BCUT2D eigenvalue weighted by molar-refractivity contribution is 7.13. The summed E-state index contributed by atoms with van der Waals surface area (Å²) in [6.07, 6.45) is 0. The highest BCUT2D eigenvalue weighted by Gasteiger charge is 2.13. The van der Waals surface area contributed by atoms with Gasteiger partial charge in [0.15, 0.2) is 4.87 Å². The smallest absolute Gasteiger partial charge is 0.192 e. The molecule has 5 heteroatoms. The van der Waals surface area contributed by atoms with Crippen molar-refractivity contribution < 1.29 is 4.87 Å². The van der Waals surface area contributed by atoms with Crippen LogP contribution >= 0.6 is 11.3 Å². The van der Waals surface area contributed by atoms with Crippen LogP contribution in [0.4, 0.5) is 5.69 Å². The number of nitrogens with two attached hydrogens (primary N) is 1. The van der Waals surface area contributed by atoms with Gasteiger partial charge >= 0.3 is 0 Å².